The molecule has 1 aromatic carbocycles. The Morgan fingerprint density at radius 1 is 1.22 bits per heavy atom. The van der Waals surface area contributed by atoms with Crippen molar-refractivity contribution in [3.05, 3.63) is 45.4 Å². The minimum atomic E-state index is -0.221. The topological polar surface area (TPSA) is 94.5 Å². The second-order valence-corrected chi connectivity index (χ2v) is 6.74. The van der Waals surface area contributed by atoms with E-state index in [-0.39, 0.29) is 18.8 Å². The Hall–Kier alpha value is -3.05. The van der Waals surface area contributed by atoms with Crippen molar-refractivity contribution in [1.82, 2.24) is 14.9 Å². The SMILES string of the molecule is Cc1nc(N2CCN(Cc3ccc4c(c3)OCO4)CC2)[nH]c(=O)c1CC#N. The number of aryl methyl sites for hydroxylation is 1. The molecule has 0 saturated carbocycles. The number of hydrogen-bond donors (Lipinski definition) is 1. The molecule has 4 rings (SSSR count). The molecule has 2 aliphatic heterocycles. The van der Waals surface area contributed by atoms with Gasteiger partial charge in [-0.1, -0.05) is 6.07 Å². The predicted molar refractivity (Wildman–Crippen MR) is 99.0 cm³/mol. The van der Waals surface area contributed by atoms with Crippen molar-refractivity contribution in [3.8, 4) is 17.6 Å². The van der Waals surface area contributed by atoms with E-state index in [1.54, 1.807) is 6.92 Å². The zero-order valence-electron chi connectivity index (χ0n) is 15.2. The number of ether oxygens (including phenoxy) is 2. The number of aromatic nitrogens is 2. The summed E-state index contributed by atoms with van der Waals surface area (Å²) in [6.45, 7) is 6.22. The highest BCUT2D eigenvalue weighted by Gasteiger charge is 2.21. The molecule has 8 nitrogen and oxygen atoms in total. The third kappa shape index (κ3) is 3.59. The molecule has 1 saturated heterocycles. The number of nitrogens with one attached hydrogen (secondary N) is 1. The van der Waals surface area contributed by atoms with Crippen molar-refractivity contribution in [1.29, 1.82) is 5.26 Å². The van der Waals surface area contributed by atoms with E-state index < -0.39 is 0 Å². The zero-order valence-corrected chi connectivity index (χ0v) is 15.2. The Morgan fingerprint density at radius 2 is 2.00 bits per heavy atom. The molecule has 0 spiro atoms. The van der Waals surface area contributed by atoms with Crippen LogP contribution in [0, 0.1) is 18.3 Å². The first kappa shape index (κ1) is 17.4. The monoisotopic (exact) mass is 367 g/mol. The van der Waals surface area contributed by atoms with Crippen LogP contribution in [-0.4, -0.2) is 47.8 Å². The summed E-state index contributed by atoms with van der Waals surface area (Å²) >= 11 is 0. The summed E-state index contributed by atoms with van der Waals surface area (Å²) in [5.41, 5.74) is 2.04. The Balaban J connectivity index is 1.39. The number of nitriles is 1. The number of hydrogen-bond acceptors (Lipinski definition) is 7. The quantitative estimate of drug-likeness (QED) is 0.867. The van der Waals surface area contributed by atoms with E-state index in [4.69, 9.17) is 14.7 Å². The molecule has 1 aromatic heterocycles. The maximum absolute atomic E-state index is 12.2. The minimum Gasteiger partial charge on any atom is -0.454 e. The smallest absolute Gasteiger partial charge is 0.256 e. The fourth-order valence-corrected chi connectivity index (χ4v) is 3.45. The van der Waals surface area contributed by atoms with Crippen molar-refractivity contribution in [3.63, 3.8) is 0 Å². The van der Waals surface area contributed by atoms with Crippen molar-refractivity contribution >= 4 is 5.95 Å². The molecule has 1 fully saturated rings. The van der Waals surface area contributed by atoms with E-state index in [1.165, 1.54) is 5.56 Å². The van der Waals surface area contributed by atoms with Crippen LogP contribution in [-0.2, 0) is 13.0 Å². The number of anilines is 1. The second-order valence-electron chi connectivity index (χ2n) is 6.74. The maximum atomic E-state index is 12.2. The Labute approximate surface area is 157 Å². The molecule has 1 N–H and O–H groups in total. The lowest BCUT2D eigenvalue weighted by Crippen LogP contribution is -2.47. The lowest BCUT2D eigenvalue weighted by molar-refractivity contribution is 0.174. The zero-order chi connectivity index (χ0) is 18.8. The summed E-state index contributed by atoms with van der Waals surface area (Å²) in [7, 11) is 0. The van der Waals surface area contributed by atoms with Crippen molar-refractivity contribution in [2.24, 2.45) is 0 Å². The highest BCUT2D eigenvalue weighted by Crippen LogP contribution is 2.32. The van der Waals surface area contributed by atoms with Crippen LogP contribution in [0.15, 0.2) is 23.0 Å². The average Bonchev–Trinajstić information content (AvgIpc) is 3.13. The van der Waals surface area contributed by atoms with Gasteiger partial charge in [0.05, 0.1) is 23.7 Å². The molecule has 140 valence electrons. The van der Waals surface area contributed by atoms with E-state index in [9.17, 15) is 4.79 Å². The van der Waals surface area contributed by atoms with Gasteiger partial charge in [0.1, 0.15) is 0 Å². The van der Waals surface area contributed by atoms with Crippen molar-refractivity contribution in [2.75, 3.05) is 37.9 Å². The van der Waals surface area contributed by atoms with E-state index in [2.05, 4.69) is 25.8 Å². The summed E-state index contributed by atoms with van der Waals surface area (Å²) in [6, 6.07) is 8.06. The van der Waals surface area contributed by atoms with Gasteiger partial charge in [-0.15, -0.1) is 0 Å². The largest absolute Gasteiger partial charge is 0.454 e. The second kappa shape index (κ2) is 7.29. The molecule has 8 heteroatoms. The highest BCUT2D eigenvalue weighted by molar-refractivity contribution is 5.44. The molecule has 0 bridgehead atoms. The number of piperazine rings is 1. The van der Waals surface area contributed by atoms with Gasteiger partial charge in [-0.3, -0.25) is 14.7 Å². The first-order chi connectivity index (χ1) is 13.1. The van der Waals surface area contributed by atoms with Crippen LogP contribution in [0.25, 0.3) is 0 Å². The summed E-state index contributed by atoms with van der Waals surface area (Å²) in [6.07, 6.45) is 0.0811. The van der Waals surface area contributed by atoms with Crippen molar-refractivity contribution in [2.45, 2.75) is 19.9 Å². The van der Waals surface area contributed by atoms with E-state index in [0.717, 1.165) is 44.2 Å². The molecule has 0 amide bonds. The van der Waals surface area contributed by atoms with E-state index in [0.29, 0.717) is 17.2 Å². The normalized spacial score (nSPS) is 16.4. The first-order valence-corrected chi connectivity index (χ1v) is 8.96. The van der Waals surface area contributed by atoms with Crippen LogP contribution >= 0.6 is 0 Å². The average molecular weight is 367 g/mol. The fourth-order valence-electron chi connectivity index (χ4n) is 3.45. The third-order valence-electron chi connectivity index (χ3n) is 4.98. The standard InChI is InChI=1S/C19H21N5O3/c1-13-15(4-5-20)18(25)22-19(21-13)24-8-6-23(7-9-24)11-14-2-3-16-17(10-14)27-12-26-16/h2-3,10H,4,6-9,11-12H2,1H3,(H,21,22,25). The van der Waals surface area contributed by atoms with E-state index in [1.807, 2.05) is 18.2 Å². The Kier molecular flexibility index (Phi) is 4.69. The first-order valence-electron chi connectivity index (χ1n) is 8.96. The molecular formula is C19H21N5O3. The number of nitrogens with zero attached hydrogens (tertiary/aromatic N) is 4. The molecule has 27 heavy (non-hydrogen) atoms. The van der Waals surface area contributed by atoms with Gasteiger partial charge in [0.15, 0.2) is 11.5 Å². The van der Waals surface area contributed by atoms with Crippen LogP contribution in [0.5, 0.6) is 11.5 Å². The third-order valence-corrected chi connectivity index (χ3v) is 4.98. The maximum Gasteiger partial charge on any atom is 0.256 e. The number of rotatable bonds is 4. The molecule has 2 aliphatic rings. The van der Waals surface area contributed by atoms with Crippen LogP contribution in [0.2, 0.25) is 0 Å². The Bertz CT molecular complexity index is 941. The molecule has 2 aromatic rings. The van der Waals surface area contributed by atoms with Crippen molar-refractivity contribution < 1.29 is 9.47 Å². The van der Waals surface area contributed by atoms with Crippen LogP contribution in [0.1, 0.15) is 16.8 Å². The summed E-state index contributed by atoms with van der Waals surface area (Å²) in [5.74, 6) is 2.19. The molecular weight excluding hydrogens is 346 g/mol. The lowest BCUT2D eigenvalue weighted by atomic mass is 10.1. The number of aromatic amines is 1. The number of benzene rings is 1. The molecule has 0 atom stereocenters. The van der Waals surface area contributed by atoms with Gasteiger partial charge < -0.3 is 14.4 Å². The van der Waals surface area contributed by atoms with Gasteiger partial charge in [0.2, 0.25) is 12.7 Å². The summed E-state index contributed by atoms with van der Waals surface area (Å²) in [5, 5.41) is 8.83. The molecule has 3 heterocycles. The van der Waals surface area contributed by atoms with Gasteiger partial charge in [0.25, 0.3) is 5.56 Å². The highest BCUT2D eigenvalue weighted by atomic mass is 16.7. The minimum absolute atomic E-state index is 0.0811. The number of fused-ring (bicyclic) bond motifs is 1. The van der Waals surface area contributed by atoms with Gasteiger partial charge in [-0.05, 0) is 24.6 Å². The van der Waals surface area contributed by atoms with E-state index >= 15 is 0 Å². The van der Waals surface area contributed by atoms with Gasteiger partial charge in [-0.2, -0.15) is 5.26 Å². The lowest BCUT2D eigenvalue weighted by Gasteiger charge is -2.35. The van der Waals surface area contributed by atoms with Gasteiger partial charge in [-0.25, -0.2) is 4.98 Å². The fraction of sp³-hybridized carbons (Fsp3) is 0.421. The molecule has 0 radical (unpaired) electrons. The summed E-state index contributed by atoms with van der Waals surface area (Å²) < 4.78 is 10.8. The molecule has 0 unspecified atom stereocenters. The molecule has 0 aliphatic carbocycles. The van der Waals surface area contributed by atoms with Crippen LogP contribution in [0.3, 0.4) is 0 Å². The summed E-state index contributed by atoms with van der Waals surface area (Å²) in [4.78, 5) is 24.0. The predicted octanol–water partition coefficient (Wildman–Crippen LogP) is 1.20. The van der Waals surface area contributed by atoms with Gasteiger partial charge in [0, 0.05) is 32.7 Å². The number of H-pyrrole nitrogens is 1. The van der Waals surface area contributed by atoms with Gasteiger partial charge >= 0.3 is 0 Å². The Morgan fingerprint density at radius 3 is 2.74 bits per heavy atom. The van der Waals surface area contributed by atoms with Crippen LogP contribution < -0.4 is 19.9 Å². The van der Waals surface area contributed by atoms with Crippen LogP contribution in [0.4, 0.5) is 5.95 Å².